The number of likely N-dealkylation sites (N-methyl/N-ethyl adjacent to an activating group) is 1. The molecule has 0 bridgehead atoms. The molecule has 1 saturated heterocycles. The SMILES string of the molecule is C=CC(O)Nc1cc(Nc2cc(-c3cn(C)c4ccccc34)ncn2)c(OC)cc1N1CCN(CCN(C)C)CC1. The molecule has 10 nitrogen and oxygen atoms in total. The lowest BCUT2D eigenvalue weighted by Crippen LogP contribution is -2.48. The summed E-state index contributed by atoms with van der Waals surface area (Å²) in [6, 6.07) is 14.2. The van der Waals surface area contributed by atoms with Gasteiger partial charge >= 0.3 is 0 Å². The Hall–Kier alpha value is -4.12. The topological polar surface area (TPSA) is 93.9 Å². The Morgan fingerprint density at radius 3 is 2.61 bits per heavy atom. The van der Waals surface area contributed by atoms with Crippen LogP contribution in [0.15, 0.2) is 67.6 Å². The minimum atomic E-state index is -0.895. The van der Waals surface area contributed by atoms with Crippen molar-refractivity contribution in [3.8, 4) is 17.0 Å². The van der Waals surface area contributed by atoms with Crippen molar-refractivity contribution in [3.63, 3.8) is 0 Å². The molecule has 10 heteroatoms. The van der Waals surface area contributed by atoms with E-state index < -0.39 is 6.23 Å². The summed E-state index contributed by atoms with van der Waals surface area (Å²) >= 11 is 0. The number of hydrogen-bond donors (Lipinski definition) is 3. The summed E-state index contributed by atoms with van der Waals surface area (Å²) in [5, 5.41) is 18.2. The van der Waals surface area contributed by atoms with E-state index in [9.17, 15) is 5.11 Å². The first-order valence-electron chi connectivity index (χ1n) is 13.9. The normalized spacial score (nSPS) is 14.8. The molecule has 216 valence electrons. The number of fused-ring (bicyclic) bond motifs is 1. The average Bonchev–Trinajstić information content (AvgIpc) is 3.33. The van der Waals surface area contributed by atoms with Crippen molar-refractivity contribution in [1.29, 1.82) is 0 Å². The van der Waals surface area contributed by atoms with E-state index in [0.29, 0.717) is 11.6 Å². The van der Waals surface area contributed by atoms with Crippen LogP contribution in [0.3, 0.4) is 0 Å². The van der Waals surface area contributed by atoms with Gasteiger partial charge in [-0.05, 0) is 32.3 Å². The zero-order valence-corrected chi connectivity index (χ0v) is 24.3. The summed E-state index contributed by atoms with van der Waals surface area (Å²) in [5.74, 6) is 1.32. The number of aromatic nitrogens is 3. The number of para-hydroxylation sites is 1. The Bertz CT molecular complexity index is 1490. The molecule has 0 radical (unpaired) electrons. The summed E-state index contributed by atoms with van der Waals surface area (Å²) < 4.78 is 7.94. The molecular weight excluding hydrogens is 516 g/mol. The van der Waals surface area contributed by atoms with Gasteiger partial charge in [0.25, 0.3) is 0 Å². The van der Waals surface area contributed by atoms with Crippen molar-refractivity contribution in [2.45, 2.75) is 6.23 Å². The maximum Gasteiger partial charge on any atom is 0.144 e. The third kappa shape index (κ3) is 6.45. The van der Waals surface area contributed by atoms with Gasteiger partial charge in [-0.3, -0.25) is 4.90 Å². The zero-order valence-electron chi connectivity index (χ0n) is 24.3. The molecule has 1 aliphatic rings. The average molecular weight is 557 g/mol. The van der Waals surface area contributed by atoms with E-state index in [4.69, 9.17) is 4.74 Å². The maximum absolute atomic E-state index is 10.4. The fourth-order valence-electron chi connectivity index (χ4n) is 5.24. The second kappa shape index (κ2) is 12.6. The number of nitrogens with zero attached hydrogens (tertiary/aromatic N) is 6. The monoisotopic (exact) mass is 556 g/mol. The first-order chi connectivity index (χ1) is 19.9. The van der Waals surface area contributed by atoms with Gasteiger partial charge in [-0.2, -0.15) is 0 Å². The number of nitrogens with one attached hydrogen (secondary N) is 2. The molecule has 41 heavy (non-hydrogen) atoms. The van der Waals surface area contributed by atoms with E-state index in [-0.39, 0.29) is 0 Å². The van der Waals surface area contributed by atoms with E-state index in [1.807, 2.05) is 37.4 Å². The number of methoxy groups -OCH3 is 1. The first kappa shape index (κ1) is 28.4. The molecule has 4 aromatic rings. The molecular formula is C31H40N8O2. The fraction of sp³-hybridized carbons (Fsp3) is 0.355. The van der Waals surface area contributed by atoms with E-state index in [1.165, 1.54) is 6.08 Å². The number of aliphatic hydroxyl groups excluding tert-OH is 1. The minimum Gasteiger partial charge on any atom is -0.494 e. The highest BCUT2D eigenvalue weighted by molar-refractivity contribution is 5.95. The van der Waals surface area contributed by atoms with Gasteiger partial charge in [-0.1, -0.05) is 24.8 Å². The summed E-state index contributed by atoms with van der Waals surface area (Å²) in [6.45, 7) is 9.52. The number of rotatable bonds is 11. The molecule has 5 rings (SSSR count). The number of anilines is 4. The molecule has 0 saturated carbocycles. The number of benzene rings is 2. The van der Waals surface area contributed by atoms with Crippen LogP contribution in [0.5, 0.6) is 5.75 Å². The van der Waals surface area contributed by atoms with Gasteiger partial charge in [0.1, 0.15) is 24.1 Å². The predicted molar refractivity (Wildman–Crippen MR) is 167 cm³/mol. The van der Waals surface area contributed by atoms with Crippen molar-refractivity contribution in [1.82, 2.24) is 24.3 Å². The van der Waals surface area contributed by atoms with E-state index >= 15 is 0 Å². The fourth-order valence-corrected chi connectivity index (χ4v) is 5.24. The number of aliphatic hydroxyl groups is 1. The first-order valence-corrected chi connectivity index (χ1v) is 13.9. The van der Waals surface area contributed by atoms with Crippen LogP contribution in [0.25, 0.3) is 22.2 Å². The summed E-state index contributed by atoms with van der Waals surface area (Å²) in [5.41, 5.74) is 5.48. The van der Waals surface area contributed by atoms with Crippen molar-refractivity contribution in [2.75, 3.05) is 76.0 Å². The van der Waals surface area contributed by atoms with Crippen LogP contribution in [-0.2, 0) is 7.05 Å². The summed E-state index contributed by atoms with van der Waals surface area (Å²) in [7, 11) is 7.91. The van der Waals surface area contributed by atoms with Gasteiger partial charge in [0.2, 0.25) is 0 Å². The second-order valence-corrected chi connectivity index (χ2v) is 10.6. The summed E-state index contributed by atoms with van der Waals surface area (Å²) in [6.07, 6.45) is 4.23. The zero-order chi connectivity index (χ0) is 28.9. The van der Waals surface area contributed by atoms with Gasteiger partial charge in [-0.15, -0.1) is 0 Å². The van der Waals surface area contributed by atoms with Crippen molar-refractivity contribution >= 4 is 33.8 Å². The van der Waals surface area contributed by atoms with Crippen LogP contribution >= 0.6 is 0 Å². The number of aryl methyl sites for hydroxylation is 1. The molecule has 2 aromatic heterocycles. The van der Waals surface area contributed by atoms with Crippen molar-refractivity contribution in [2.24, 2.45) is 7.05 Å². The lowest BCUT2D eigenvalue weighted by Gasteiger charge is -2.37. The Morgan fingerprint density at radius 1 is 1.10 bits per heavy atom. The largest absolute Gasteiger partial charge is 0.494 e. The van der Waals surface area contributed by atoms with Gasteiger partial charge in [0, 0.05) is 81.1 Å². The smallest absolute Gasteiger partial charge is 0.144 e. The quantitative estimate of drug-likeness (QED) is 0.187. The molecule has 0 spiro atoms. The number of hydrogen-bond acceptors (Lipinski definition) is 9. The van der Waals surface area contributed by atoms with E-state index in [2.05, 4.69) is 78.9 Å². The molecule has 1 atom stereocenters. The number of ether oxygens (including phenoxy) is 1. The minimum absolute atomic E-state index is 0.638. The third-order valence-corrected chi connectivity index (χ3v) is 7.52. The molecule has 1 unspecified atom stereocenters. The molecule has 0 amide bonds. The van der Waals surface area contributed by atoms with E-state index in [0.717, 1.165) is 78.5 Å². The Kier molecular flexibility index (Phi) is 8.72. The van der Waals surface area contributed by atoms with Gasteiger partial charge in [0.15, 0.2) is 0 Å². The second-order valence-electron chi connectivity index (χ2n) is 10.6. The molecule has 3 heterocycles. The summed E-state index contributed by atoms with van der Waals surface area (Å²) in [4.78, 5) is 16.1. The van der Waals surface area contributed by atoms with Crippen LogP contribution < -0.4 is 20.3 Å². The molecule has 2 aromatic carbocycles. The molecule has 1 fully saturated rings. The predicted octanol–water partition coefficient (Wildman–Crippen LogP) is 3.99. The highest BCUT2D eigenvalue weighted by Gasteiger charge is 2.22. The van der Waals surface area contributed by atoms with Crippen LogP contribution in [0.4, 0.5) is 22.9 Å². The van der Waals surface area contributed by atoms with E-state index in [1.54, 1.807) is 13.4 Å². The molecule has 0 aliphatic carbocycles. The highest BCUT2D eigenvalue weighted by atomic mass is 16.5. The Balaban J connectivity index is 1.43. The van der Waals surface area contributed by atoms with Gasteiger partial charge < -0.3 is 34.8 Å². The Morgan fingerprint density at radius 2 is 1.88 bits per heavy atom. The third-order valence-electron chi connectivity index (χ3n) is 7.52. The van der Waals surface area contributed by atoms with Crippen LogP contribution in [0, 0.1) is 0 Å². The Labute approximate surface area is 241 Å². The van der Waals surface area contributed by atoms with Crippen LogP contribution in [0.2, 0.25) is 0 Å². The number of piperazine rings is 1. The highest BCUT2D eigenvalue weighted by Crippen LogP contribution is 2.39. The lowest BCUT2D eigenvalue weighted by atomic mass is 10.1. The lowest BCUT2D eigenvalue weighted by molar-refractivity contribution is 0.229. The van der Waals surface area contributed by atoms with Crippen LogP contribution in [0.1, 0.15) is 0 Å². The van der Waals surface area contributed by atoms with Gasteiger partial charge in [-0.25, -0.2) is 9.97 Å². The standard InChI is InChI=1S/C31H40N8O2/c1-6-31(40)35-25-17-26(29(41-5)19-28(25)39-15-13-38(14-16-39)12-11-36(2)3)34-30-18-24(32-21-33-30)23-20-37(4)27-10-8-7-9-22(23)27/h6-10,17-21,31,35,40H,1,11-16H2,2-5H3,(H,32,33,34). The molecule has 1 aliphatic heterocycles. The van der Waals surface area contributed by atoms with Crippen LogP contribution in [-0.4, -0.2) is 96.1 Å². The van der Waals surface area contributed by atoms with Gasteiger partial charge in [0.05, 0.1) is 29.9 Å². The van der Waals surface area contributed by atoms with Crippen molar-refractivity contribution in [3.05, 3.63) is 67.6 Å². The van der Waals surface area contributed by atoms with Crippen molar-refractivity contribution < 1.29 is 9.84 Å². The maximum atomic E-state index is 10.4. The molecule has 3 N–H and O–H groups in total.